The van der Waals surface area contributed by atoms with Crippen molar-refractivity contribution in [2.75, 3.05) is 56.2 Å². The van der Waals surface area contributed by atoms with Gasteiger partial charge in [-0.25, -0.2) is 4.39 Å². The van der Waals surface area contributed by atoms with Gasteiger partial charge in [0, 0.05) is 31.9 Å². The first-order chi connectivity index (χ1) is 14.6. The second-order valence-corrected chi connectivity index (χ2v) is 7.32. The minimum Gasteiger partial charge on any atom is -0.482 e. The lowest BCUT2D eigenvalue weighted by Crippen LogP contribution is -2.45. The van der Waals surface area contributed by atoms with Crippen molar-refractivity contribution in [1.82, 2.24) is 4.90 Å². The van der Waals surface area contributed by atoms with Crippen LogP contribution in [0.25, 0.3) is 0 Å². The maximum atomic E-state index is 13.0. The number of carbonyl (C=O) groups is 2. The predicted molar refractivity (Wildman–Crippen MR) is 110 cm³/mol. The van der Waals surface area contributed by atoms with E-state index in [1.54, 1.807) is 35.2 Å². The van der Waals surface area contributed by atoms with Crippen molar-refractivity contribution >= 4 is 23.2 Å². The molecule has 0 aromatic heterocycles. The zero-order valence-electron chi connectivity index (χ0n) is 16.6. The van der Waals surface area contributed by atoms with Crippen LogP contribution in [-0.2, 0) is 20.7 Å². The van der Waals surface area contributed by atoms with Gasteiger partial charge in [-0.1, -0.05) is 12.1 Å². The van der Waals surface area contributed by atoms with Gasteiger partial charge in [-0.3, -0.25) is 14.5 Å². The lowest BCUT2D eigenvalue weighted by Gasteiger charge is -2.33. The average molecular weight is 413 g/mol. The fourth-order valence-electron chi connectivity index (χ4n) is 3.58. The van der Waals surface area contributed by atoms with E-state index in [0.717, 1.165) is 25.2 Å². The highest BCUT2D eigenvalue weighted by molar-refractivity contribution is 5.99. The van der Waals surface area contributed by atoms with Crippen LogP contribution in [-0.4, -0.2) is 62.7 Å². The monoisotopic (exact) mass is 413 g/mol. The van der Waals surface area contributed by atoms with Crippen molar-refractivity contribution in [3.63, 3.8) is 0 Å². The number of fused-ring (bicyclic) bond motifs is 1. The molecular weight excluding hydrogens is 389 g/mol. The molecule has 2 aromatic carbocycles. The Kier molecular flexibility index (Phi) is 6.25. The Morgan fingerprint density at radius 3 is 2.60 bits per heavy atom. The van der Waals surface area contributed by atoms with Crippen LogP contribution in [0.5, 0.6) is 5.75 Å². The van der Waals surface area contributed by atoms with Gasteiger partial charge in [-0.05, 0) is 35.9 Å². The van der Waals surface area contributed by atoms with Crippen molar-refractivity contribution < 1.29 is 23.5 Å². The fourth-order valence-corrected chi connectivity index (χ4v) is 3.58. The lowest BCUT2D eigenvalue weighted by molar-refractivity contribution is -0.121. The van der Waals surface area contributed by atoms with Gasteiger partial charge in [-0.15, -0.1) is 0 Å². The Labute approximate surface area is 174 Å². The molecule has 2 aliphatic heterocycles. The van der Waals surface area contributed by atoms with Gasteiger partial charge in [0.25, 0.3) is 5.91 Å². The summed E-state index contributed by atoms with van der Waals surface area (Å²) >= 11 is 0. The maximum absolute atomic E-state index is 13.0. The zero-order valence-corrected chi connectivity index (χ0v) is 16.6. The number of rotatable bonds is 6. The number of amides is 2. The molecule has 30 heavy (non-hydrogen) atoms. The Balaban J connectivity index is 1.43. The molecule has 0 spiro atoms. The Hall–Kier alpha value is -2.97. The minimum absolute atomic E-state index is 0.00633. The van der Waals surface area contributed by atoms with E-state index in [9.17, 15) is 14.0 Å². The van der Waals surface area contributed by atoms with E-state index in [-0.39, 0.29) is 30.7 Å². The zero-order chi connectivity index (χ0) is 20.9. The molecule has 0 aliphatic carbocycles. The third kappa shape index (κ3) is 4.95. The SMILES string of the molecule is O=C(Cc1ccc(F)cc1)Nc1ccc2c(c1)N(CCN1CCOCC1)C(=O)CO2. The lowest BCUT2D eigenvalue weighted by atomic mass is 10.1. The summed E-state index contributed by atoms with van der Waals surface area (Å²) in [4.78, 5) is 28.8. The summed E-state index contributed by atoms with van der Waals surface area (Å²) in [6, 6.07) is 11.1. The summed E-state index contributed by atoms with van der Waals surface area (Å²) in [6.45, 7) is 4.41. The smallest absolute Gasteiger partial charge is 0.265 e. The predicted octanol–water partition coefficient (Wildman–Crippen LogP) is 2.06. The Bertz CT molecular complexity index is 913. The molecule has 0 saturated carbocycles. The summed E-state index contributed by atoms with van der Waals surface area (Å²) in [5, 5.41) is 2.84. The number of hydrogen-bond donors (Lipinski definition) is 1. The van der Waals surface area contributed by atoms with E-state index in [4.69, 9.17) is 9.47 Å². The van der Waals surface area contributed by atoms with E-state index >= 15 is 0 Å². The highest BCUT2D eigenvalue weighted by atomic mass is 19.1. The summed E-state index contributed by atoms with van der Waals surface area (Å²) in [5.41, 5.74) is 1.95. The van der Waals surface area contributed by atoms with Gasteiger partial charge in [0.1, 0.15) is 11.6 Å². The second kappa shape index (κ2) is 9.23. The number of benzene rings is 2. The standard InChI is InChI=1S/C22H24FN3O4/c23-17-3-1-16(2-4-17)13-21(27)24-18-5-6-20-19(14-18)26(22(28)15-30-20)8-7-25-9-11-29-12-10-25/h1-6,14H,7-13,15H2,(H,24,27). The minimum atomic E-state index is -0.337. The average Bonchev–Trinajstić information content (AvgIpc) is 2.75. The van der Waals surface area contributed by atoms with Crippen molar-refractivity contribution in [1.29, 1.82) is 0 Å². The number of carbonyl (C=O) groups excluding carboxylic acids is 2. The van der Waals surface area contributed by atoms with Gasteiger partial charge < -0.3 is 19.7 Å². The first-order valence-electron chi connectivity index (χ1n) is 10.00. The van der Waals surface area contributed by atoms with Crippen LogP contribution in [0.3, 0.4) is 0 Å². The largest absolute Gasteiger partial charge is 0.482 e. The van der Waals surface area contributed by atoms with Crippen molar-refractivity contribution in [3.05, 3.63) is 53.8 Å². The number of morpholine rings is 1. The molecule has 8 heteroatoms. The molecule has 0 bridgehead atoms. The quantitative estimate of drug-likeness (QED) is 0.785. The summed E-state index contributed by atoms with van der Waals surface area (Å²) in [6.07, 6.45) is 0.132. The number of hydrogen-bond acceptors (Lipinski definition) is 5. The van der Waals surface area contributed by atoms with Crippen LogP contribution in [0, 0.1) is 5.82 Å². The van der Waals surface area contributed by atoms with Crippen molar-refractivity contribution in [3.8, 4) is 5.75 Å². The number of halogens is 1. The normalized spacial score (nSPS) is 16.7. The van der Waals surface area contributed by atoms with Crippen LogP contribution in [0.2, 0.25) is 0 Å². The molecular formula is C22H24FN3O4. The van der Waals surface area contributed by atoms with Crippen LogP contribution in [0.1, 0.15) is 5.56 Å². The van der Waals surface area contributed by atoms with Gasteiger partial charge in [-0.2, -0.15) is 0 Å². The third-order valence-corrected chi connectivity index (χ3v) is 5.21. The second-order valence-electron chi connectivity index (χ2n) is 7.32. The molecule has 7 nitrogen and oxygen atoms in total. The fraction of sp³-hybridized carbons (Fsp3) is 0.364. The van der Waals surface area contributed by atoms with Crippen LogP contribution in [0.4, 0.5) is 15.8 Å². The molecule has 2 aromatic rings. The summed E-state index contributed by atoms with van der Waals surface area (Å²) < 4.78 is 23.9. The highest BCUT2D eigenvalue weighted by Crippen LogP contribution is 2.34. The molecule has 1 saturated heterocycles. The van der Waals surface area contributed by atoms with Crippen molar-refractivity contribution in [2.45, 2.75) is 6.42 Å². The van der Waals surface area contributed by atoms with Gasteiger partial charge >= 0.3 is 0 Å². The van der Waals surface area contributed by atoms with E-state index in [2.05, 4.69) is 10.2 Å². The van der Waals surface area contributed by atoms with Crippen LogP contribution >= 0.6 is 0 Å². The number of nitrogens with one attached hydrogen (secondary N) is 1. The molecule has 0 atom stereocenters. The van der Waals surface area contributed by atoms with E-state index in [1.165, 1.54) is 12.1 Å². The topological polar surface area (TPSA) is 71.1 Å². The molecule has 158 valence electrons. The number of anilines is 2. The first-order valence-corrected chi connectivity index (χ1v) is 10.00. The van der Waals surface area contributed by atoms with Gasteiger partial charge in [0.05, 0.1) is 25.3 Å². The van der Waals surface area contributed by atoms with E-state index < -0.39 is 0 Å². The Morgan fingerprint density at radius 2 is 1.83 bits per heavy atom. The molecule has 2 amide bonds. The molecule has 4 rings (SSSR count). The molecule has 1 N–H and O–H groups in total. The van der Waals surface area contributed by atoms with Gasteiger partial charge in [0.15, 0.2) is 6.61 Å². The third-order valence-electron chi connectivity index (χ3n) is 5.21. The maximum Gasteiger partial charge on any atom is 0.265 e. The van der Waals surface area contributed by atoms with E-state index in [1.807, 2.05) is 0 Å². The number of ether oxygens (including phenoxy) is 2. The molecule has 0 unspecified atom stereocenters. The highest BCUT2D eigenvalue weighted by Gasteiger charge is 2.26. The summed E-state index contributed by atoms with van der Waals surface area (Å²) in [5.74, 6) is -0.0428. The molecule has 2 heterocycles. The van der Waals surface area contributed by atoms with E-state index in [0.29, 0.717) is 36.9 Å². The van der Waals surface area contributed by atoms with Crippen LogP contribution < -0.4 is 15.0 Å². The number of nitrogens with zero attached hydrogens (tertiary/aromatic N) is 2. The molecule has 0 radical (unpaired) electrons. The van der Waals surface area contributed by atoms with Crippen LogP contribution in [0.15, 0.2) is 42.5 Å². The van der Waals surface area contributed by atoms with Crippen molar-refractivity contribution in [2.24, 2.45) is 0 Å². The molecule has 1 fully saturated rings. The summed E-state index contributed by atoms with van der Waals surface area (Å²) in [7, 11) is 0. The molecule has 2 aliphatic rings. The Morgan fingerprint density at radius 1 is 1.07 bits per heavy atom. The van der Waals surface area contributed by atoms with Gasteiger partial charge in [0.2, 0.25) is 5.91 Å². The first kappa shape index (κ1) is 20.3.